The second-order valence-electron chi connectivity index (χ2n) is 16.1. The molecule has 1 unspecified atom stereocenters. The van der Waals surface area contributed by atoms with Crippen LogP contribution in [0.2, 0.25) is 0 Å². The van der Waals surface area contributed by atoms with Crippen molar-refractivity contribution in [2.24, 2.45) is 23.7 Å². The highest BCUT2D eigenvalue weighted by molar-refractivity contribution is 5.73. The lowest BCUT2D eigenvalue weighted by Crippen LogP contribution is -2.60. The molecular weight excluding hydrogens is 650 g/mol. The fourth-order valence-electron chi connectivity index (χ4n) is 8.88. The Morgan fingerprint density at radius 1 is 1.08 bits per heavy atom. The van der Waals surface area contributed by atoms with E-state index >= 15 is 0 Å². The second-order valence-corrected chi connectivity index (χ2v) is 16.1. The fourth-order valence-corrected chi connectivity index (χ4v) is 8.88. The highest BCUT2D eigenvalue weighted by atomic mass is 16.7. The largest absolute Gasteiger partial charge is 0.488 e. The molecule has 4 aliphatic rings. The van der Waals surface area contributed by atoms with E-state index in [1.165, 1.54) is 7.11 Å². The van der Waals surface area contributed by atoms with Gasteiger partial charge < -0.3 is 58.9 Å². The number of cyclic esters (lactones) is 1. The predicted octanol–water partition coefficient (Wildman–Crippen LogP) is 2.80. The molecule has 0 aromatic heterocycles. The number of likely N-dealkylation sites (N-methyl/N-ethyl adjacent to an activating group) is 1. The van der Waals surface area contributed by atoms with Crippen molar-refractivity contribution in [1.29, 1.82) is 0 Å². The molecule has 0 aromatic carbocycles. The first-order chi connectivity index (χ1) is 23.3. The summed E-state index contributed by atoms with van der Waals surface area (Å²) in [5, 5.41) is 47.7. The van der Waals surface area contributed by atoms with E-state index in [0.29, 0.717) is 25.0 Å². The van der Waals surface area contributed by atoms with Gasteiger partial charge in [0.25, 0.3) is 0 Å². The molecule has 4 aliphatic heterocycles. The van der Waals surface area contributed by atoms with Crippen molar-refractivity contribution in [2.45, 2.75) is 173 Å². The van der Waals surface area contributed by atoms with Gasteiger partial charge >= 0.3 is 5.97 Å². The number of nitrogens with one attached hydrogen (secondary N) is 1. The maximum absolute atomic E-state index is 14.3. The zero-order valence-electron chi connectivity index (χ0n) is 32.2. The molecule has 50 heavy (non-hydrogen) atoms. The van der Waals surface area contributed by atoms with Crippen LogP contribution in [0.4, 0.5) is 0 Å². The Labute approximate surface area is 298 Å². The van der Waals surface area contributed by atoms with Crippen molar-refractivity contribution >= 4 is 5.97 Å². The van der Waals surface area contributed by atoms with E-state index in [1.54, 1.807) is 34.7 Å². The SMILES string of the molecule is CC[C@@H](CO)[C@@](C)(O)[C@@H]1OC(=O)[C@H](C)[C@H](O[C@H]2C[C@@](C)(OC)[C@@H](O)[C@H](C)O2)[C@H](C)[C@@H](O[C@@H]2O[C@H](C)C[C@H](NC)[C@H]2O)C2(C)CC(C)=C(O2)[C@H]1C. The minimum absolute atomic E-state index is 0.180. The Bertz CT molecular complexity index is 1190. The van der Waals surface area contributed by atoms with Gasteiger partial charge in [0, 0.05) is 44.4 Å². The van der Waals surface area contributed by atoms with E-state index in [2.05, 4.69) is 5.32 Å². The zero-order valence-corrected chi connectivity index (χ0v) is 32.2. The lowest BCUT2D eigenvalue weighted by Gasteiger charge is -2.48. The van der Waals surface area contributed by atoms with Crippen LogP contribution >= 0.6 is 0 Å². The number of rotatable bonds is 10. The fraction of sp³-hybridized carbons (Fsp3) is 0.919. The Kier molecular flexibility index (Phi) is 13.2. The van der Waals surface area contributed by atoms with Crippen molar-refractivity contribution in [3.05, 3.63) is 11.3 Å². The van der Waals surface area contributed by atoms with E-state index < -0.39 is 95.6 Å². The molecule has 4 rings (SSSR count). The van der Waals surface area contributed by atoms with Crippen LogP contribution in [0.15, 0.2) is 11.3 Å². The smallest absolute Gasteiger partial charge is 0.311 e. The van der Waals surface area contributed by atoms with Crippen molar-refractivity contribution < 1.29 is 58.4 Å². The topological polar surface area (TPSA) is 175 Å². The summed E-state index contributed by atoms with van der Waals surface area (Å²) in [7, 11) is 3.32. The third-order valence-electron chi connectivity index (χ3n) is 12.1. The van der Waals surface area contributed by atoms with E-state index in [1.807, 2.05) is 41.5 Å². The predicted molar refractivity (Wildman–Crippen MR) is 184 cm³/mol. The van der Waals surface area contributed by atoms with Crippen LogP contribution in [0.25, 0.3) is 0 Å². The molecule has 4 heterocycles. The quantitative estimate of drug-likeness (QED) is 0.209. The van der Waals surface area contributed by atoms with Gasteiger partial charge in [-0.15, -0.1) is 0 Å². The van der Waals surface area contributed by atoms with Gasteiger partial charge in [0.1, 0.15) is 41.4 Å². The van der Waals surface area contributed by atoms with E-state index in [-0.39, 0.29) is 25.2 Å². The van der Waals surface area contributed by atoms with Gasteiger partial charge in [-0.2, -0.15) is 0 Å². The molecule has 3 fully saturated rings. The first kappa shape index (κ1) is 41.4. The molecule has 290 valence electrons. The van der Waals surface area contributed by atoms with Crippen LogP contribution in [0, 0.1) is 23.7 Å². The highest BCUT2D eigenvalue weighted by Crippen LogP contribution is 2.48. The van der Waals surface area contributed by atoms with Gasteiger partial charge in [-0.25, -0.2) is 0 Å². The molecular formula is C37H65NO12. The van der Waals surface area contributed by atoms with Gasteiger partial charge in [0.05, 0.1) is 35.7 Å². The molecule has 0 radical (unpaired) electrons. The zero-order chi connectivity index (χ0) is 37.5. The molecule has 0 saturated carbocycles. The normalized spacial score (nSPS) is 46.4. The standard InChI is InChI=1S/C37H65NO12/c1-13-24(17-39)37(10,43)32-20(4)28-18(2)15-36(9,50-28)31(49-34-27(40)25(38-11)14-19(3)45-34)21(5)29(22(6)33(42)48-32)47-26-16-35(8,44-12)30(41)23(7)46-26/h19-27,29-32,34,38-41,43H,13-17H2,1-12H3/t19-,20-,21+,22-,23+,24+,25+,26+,27-,29-,30+,31-,32-,34+,35-,36?,37-/m1/s1. The van der Waals surface area contributed by atoms with Crippen LogP contribution in [-0.2, 0) is 38.0 Å². The molecule has 2 bridgehead atoms. The summed E-state index contributed by atoms with van der Waals surface area (Å²) in [6, 6.07) is -0.271. The summed E-state index contributed by atoms with van der Waals surface area (Å²) >= 11 is 0. The first-order valence-corrected chi connectivity index (χ1v) is 18.4. The summed E-state index contributed by atoms with van der Waals surface area (Å²) in [6.07, 6.45) is -5.72. The second kappa shape index (κ2) is 15.9. The van der Waals surface area contributed by atoms with E-state index in [4.69, 9.17) is 33.2 Å². The van der Waals surface area contributed by atoms with Gasteiger partial charge in [0.2, 0.25) is 0 Å². The maximum Gasteiger partial charge on any atom is 0.311 e. The Morgan fingerprint density at radius 2 is 1.74 bits per heavy atom. The summed E-state index contributed by atoms with van der Waals surface area (Å²) in [6.45, 7) is 18.0. The number of carbonyl (C=O) groups is 1. The number of esters is 1. The van der Waals surface area contributed by atoms with Crippen molar-refractivity contribution in [1.82, 2.24) is 5.32 Å². The molecule has 17 atom stereocenters. The number of hydrogen-bond acceptors (Lipinski definition) is 13. The number of aliphatic hydroxyl groups excluding tert-OH is 3. The molecule has 0 aliphatic carbocycles. The van der Waals surface area contributed by atoms with Crippen LogP contribution in [-0.4, -0.2) is 125 Å². The third-order valence-corrected chi connectivity index (χ3v) is 12.1. The molecule has 0 spiro atoms. The van der Waals surface area contributed by atoms with Gasteiger partial charge in [-0.3, -0.25) is 4.79 Å². The number of aliphatic hydroxyl groups is 4. The van der Waals surface area contributed by atoms with E-state index in [9.17, 15) is 25.2 Å². The number of methoxy groups -OCH3 is 1. The van der Waals surface area contributed by atoms with Crippen LogP contribution in [0.1, 0.15) is 94.9 Å². The number of fused-ring (bicyclic) bond motifs is 2. The minimum atomic E-state index is -1.61. The summed E-state index contributed by atoms with van der Waals surface area (Å²) in [4.78, 5) is 14.3. The van der Waals surface area contributed by atoms with Crippen molar-refractivity contribution in [3.8, 4) is 0 Å². The average molecular weight is 716 g/mol. The number of carbonyl (C=O) groups excluding carboxylic acids is 1. The van der Waals surface area contributed by atoms with Crippen molar-refractivity contribution in [3.63, 3.8) is 0 Å². The lowest BCUT2D eigenvalue weighted by atomic mass is 9.76. The van der Waals surface area contributed by atoms with Crippen molar-refractivity contribution in [2.75, 3.05) is 20.8 Å². The third kappa shape index (κ3) is 7.93. The minimum Gasteiger partial charge on any atom is -0.488 e. The molecule has 3 saturated heterocycles. The Balaban J connectivity index is 1.83. The molecule has 5 N–H and O–H groups in total. The summed E-state index contributed by atoms with van der Waals surface area (Å²) in [5.41, 5.74) is -2.71. The Hall–Kier alpha value is -1.39. The summed E-state index contributed by atoms with van der Waals surface area (Å²) < 4.78 is 44.9. The monoisotopic (exact) mass is 715 g/mol. The van der Waals surface area contributed by atoms with Crippen LogP contribution < -0.4 is 5.32 Å². The van der Waals surface area contributed by atoms with Crippen LogP contribution in [0.3, 0.4) is 0 Å². The summed E-state index contributed by atoms with van der Waals surface area (Å²) in [5.74, 6) is -2.69. The van der Waals surface area contributed by atoms with E-state index in [0.717, 1.165) is 5.57 Å². The van der Waals surface area contributed by atoms with Gasteiger partial charge in [0.15, 0.2) is 12.6 Å². The molecule has 0 amide bonds. The van der Waals surface area contributed by atoms with Gasteiger partial charge in [-0.05, 0) is 73.9 Å². The average Bonchev–Trinajstić information content (AvgIpc) is 3.37. The lowest BCUT2D eigenvalue weighted by molar-refractivity contribution is -0.314. The number of ether oxygens (including phenoxy) is 7. The maximum atomic E-state index is 14.3. The first-order valence-electron chi connectivity index (χ1n) is 18.4. The highest BCUT2D eigenvalue weighted by Gasteiger charge is 2.56. The number of hydrogen-bond donors (Lipinski definition) is 5. The molecule has 0 aromatic rings. The van der Waals surface area contributed by atoms with Crippen LogP contribution in [0.5, 0.6) is 0 Å². The molecule has 13 heteroatoms. The molecule has 13 nitrogen and oxygen atoms in total. The van der Waals surface area contributed by atoms with Gasteiger partial charge in [-0.1, -0.05) is 20.8 Å². The Morgan fingerprint density at radius 3 is 2.32 bits per heavy atom.